The molecule has 0 saturated carbocycles. The molecule has 0 saturated heterocycles. The third kappa shape index (κ3) is 6.48. The van der Waals surface area contributed by atoms with Gasteiger partial charge in [0.2, 0.25) is 6.65 Å². The van der Waals surface area contributed by atoms with Crippen LogP contribution in [0.5, 0.6) is 0 Å². The van der Waals surface area contributed by atoms with E-state index in [1.165, 1.54) is 6.66 Å². The summed E-state index contributed by atoms with van der Waals surface area (Å²) in [5.41, 5.74) is 0. The standard InChI is InChI=1S/C4H11ClNOP/c1-3-4-6-8(2,5)7/h3-4H2,1-2H3,(H,6,7). The van der Waals surface area contributed by atoms with Crippen molar-refractivity contribution in [3.8, 4) is 0 Å². The first-order chi connectivity index (χ1) is 3.56. The van der Waals surface area contributed by atoms with Gasteiger partial charge in [0, 0.05) is 13.2 Å². The number of hydrogen-bond acceptors (Lipinski definition) is 1. The Morgan fingerprint density at radius 1 is 1.75 bits per heavy atom. The summed E-state index contributed by atoms with van der Waals surface area (Å²) in [6.45, 7) is 1.78. The highest BCUT2D eigenvalue weighted by Crippen LogP contribution is 2.41. The smallest absolute Gasteiger partial charge is 0.229 e. The fourth-order valence-electron chi connectivity index (χ4n) is 0.312. The fraction of sp³-hybridized carbons (Fsp3) is 1.00. The Balaban J connectivity index is 3.26. The Kier molecular flexibility index (Phi) is 3.70. The molecule has 8 heavy (non-hydrogen) atoms. The lowest BCUT2D eigenvalue weighted by Gasteiger charge is -2.02. The van der Waals surface area contributed by atoms with E-state index in [0.29, 0.717) is 0 Å². The molecule has 0 aliphatic carbocycles. The first kappa shape index (κ1) is 8.48. The Morgan fingerprint density at radius 2 is 2.25 bits per heavy atom. The molecule has 0 aliphatic heterocycles. The number of halogens is 1. The molecule has 1 unspecified atom stereocenters. The van der Waals surface area contributed by atoms with Crippen LogP contribution in [0.1, 0.15) is 13.3 Å². The SMILES string of the molecule is CCCNP(C)(=O)Cl. The van der Waals surface area contributed by atoms with E-state index in [2.05, 4.69) is 5.09 Å². The molecule has 0 rings (SSSR count). The van der Waals surface area contributed by atoms with Gasteiger partial charge < -0.3 is 0 Å². The van der Waals surface area contributed by atoms with Crippen LogP contribution in [0.15, 0.2) is 0 Å². The first-order valence-corrected chi connectivity index (χ1v) is 5.64. The van der Waals surface area contributed by atoms with Crippen molar-refractivity contribution in [2.24, 2.45) is 0 Å². The average Bonchev–Trinajstić information content (AvgIpc) is 1.59. The topological polar surface area (TPSA) is 29.1 Å². The van der Waals surface area contributed by atoms with E-state index >= 15 is 0 Å². The van der Waals surface area contributed by atoms with Crippen molar-refractivity contribution in [2.75, 3.05) is 13.2 Å². The molecule has 1 N–H and O–H groups in total. The molecule has 0 fully saturated rings. The summed E-state index contributed by atoms with van der Waals surface area (Å²) in [5, 5.41) is 2.69. The third-order valence-electron chi connectivity index (χ3n) is 0.644. The molecule has 4 heteroatoms. The van der Waals surface area contributed by atoms with Crippen LogP contribution < -0.4 is 5.09 Å². The van der Waals surface area contributed by atoms with E-state index in [9.17, 15) is 4.57 Å². The van der Waals surface area contributed by atoms with E-state index in [4.69, 9.17) is 11.2 Å². The molecule has 0 aromatic rings. The first-order valence-electron chi connectivity index (χ1n) is 2.58. The Hall–Kier alpha value is 0.480. The summed E-state index contributed by atoms with van der Waals surface area (Å²) < 4.78 is 10.6. The van der Waals surface area contributed by atoms with Gasteiger partial charge >= 0.3 is 0 Å². The molecule has 0 spiro atoms. The lowest BCUT2D eigenvalue weighted by atomic mass is 10.5. The predicted molar refractivity (Wildman–Crippen MR) is 37.7 cm³/mol. The van der Waals surface area contributed by atoms with Crippen LogP contribution in [-0.2, 0) is 4.57 Å². The zero-order valence-corrected chi connectivity index (χ0v) is 6.80. The van der Waals surface area contributed by atoms with Crippen molar-refractivity contribution in [1.29, 1.82) is 0 Å². The molecule has 0 bridgehead atoms. The van der Waals surface area contributed by atoms with Crippen molar-refractivity contribution in [2.45, 2.75) is 13.3 Å². The summed E-state index contributed by atoms with van der Waals surface area (Å²) in [6, 6.07) is 0. The van der Waals surface area contributed by atoms with Crippen LogP contribution in [0.2, 0.25) is 0 Å². The lowest BCUT2D eigenvalue weighted by Crippen LogP contribution is -2.06. The molecule has 50 valence electrons. The molecule has 0 radical (unpaired) electrons. The van der Waals surface area contributed by atoms with Crippen LogP contribution in [0.25, 0.3) is 0 Å². The molecule has 0 aliphatic rings. The van der Waals surface area contributed by atoms with Crippen LogP contribution >= 0.6 is 17.9 Å². The second-order valence-corrected chi connectivity index (χ2v) is 5.62. The zero-order chi connectivity index (χ0) is 6.62. The molecule has 0 aromatic heterocycles. The maximum absolute atomic E-state index is 10.6. The largest absolute Gasteiger partial charge is 0.290 e. The van der Waals surface area contributed by atoms with Gasteiger partial charge in [0.15, 0.2) is 0 Å². The molecular weight excluding hydrogens is 144 g/mol. The molecule has 0 heterocycles. The highest BCUT2D eigenvalue weighted by Gasteiger charge is 2.05. The maximum Gasteiger partial charge on any atom is 0.229 e. The van der Waals surface area contributed by atoms with Gasteiger partial charge in [0.25, 0.3) is 0 Å². The summed E-state index contributed by atoms with van der Waals surface area (Å²) in [6.07, 6.45) is 0.963. The zero-order valence-electron chi connectivity index (χ0n) is 5.15. The van der Waals surface area contributed by atoms with Gasteiger partial charge in [-0.1, -0.05) is 6.92 Å². The summed E-state index contributed by atoms with van der Waals surface area (Å²) in [4.78, 5) is 0. The minimum absolute atomic E-state index is 0.733. The van der Waals surface area contributed by atoms with Gasteiger partial charge in [-0.15, -0.1) is 0 Å². The van der Waals surface area contributed by atoms with Crippen LogP contribution in [0.4, 0.5) is 0 Å². The normalized spacial score (nSPS) is 17.9. The van der Waals surface area contributed by atoms with Crippen molar-refractivity contribution < 1.29 is 4.57 Å². The molecular formula is C4H11ClNOP. The Morgan fingerprint density at radius 3 is 2.38 bits per heavy atom. The van der Waals surface area contributed by atoms with E-state index in [1.54, 1.807) is 0 Å². The predicted octanol–water partition coefficient (Wildman–Crippen LogP) is 2.05. The minimum Gasteiger partial charge on any atom is -0.290 e. The van der Waals surface area contributed by atoms with Gasteiger partial charge in [0.1, 0.15) is 0 Å². The van der Waals surface area contributed by atoms with Gasteiger partial charge in [-0.05, 0) is 17.7 Å². The van der Waals surface area contributed by atoms with Gasteiger partial charge in [0.05, 0.1) is 0 Å². The second-order valence-electron chi connectivity index (χ2n) is 1.73. The van der Waals surface area contributed by atoms with Crippen molar-refractivity contribution in [3.63, 3.8) is 0 Å². The Bertz CT molecular complexity index is 100. The van der Waals surface area contributed by atoms with Crippen molar-refractivity contribution in [1.82, 2.24) is 5.09 Å². The van der Waals surface area contributed by atoms with Crippen LogP contribution in [0, 0.1) is 0 Å². The third-order valence-corrected chi connectivity index (χ3v) is 1.79. The van der Waals surface area contributed by atoms with Gasteiger partial charge in [-0.3, -0.25) is 9.65 Å². The number of hydrogen-bond donors (Lipinski definition) is 1. The quantitative estimate of drug-likeness (QED) is 0.632. The molecule has 1 atom stereocenters. The summed E-state index contributed by atoms with van der Waals surface area (Å²) in [5.74, 6) is 0. The van der Waals surface area contributed by atoms with Crippen molar-refractivity contribution in [3.05, 3.63) is 0 Å². The summed E-state index contributed by atoms with van der Waals surface area (Å²) in [7, 11) is 0. The Labute approximate surface area is 54.8 Å². The number of rotatable bonds is 3. The van der Waals surface area contributed by atoms with E-state index < -0.39 is 6.65 Å². The number of nitrogens with one attached hydrogen (secondary N) is 1. The van der Waals surface area contributed by atoms with Crippen LogP contribution in [-0.4, -0.2) is 13.2 Å². The van der Waals surface area contributed by atoms with E-state index in [-0.39, 0.29) is 0 Å². The van der Waals surface area contributed by atoms with Gasteiger partial charge in [-0.25, -0.2) is 0 Å². The average molecular weight is 156 g/mol. The van der Waals surface area contributed by atoms with E-state index in [0.717, 1.165) is 13.0 Å². The minimum atomic E-state index is -2.46. The highest BCUT2D eigenvalue weighted by atomic mass is 35.7. The fourth-order valence-corrected chi connectivity index (χ4v) is 1.19. The lowest BCUT2D eigenvalue weighted by molar-refractivity contribution is 0.578. The molecule has 0 aromatic carbocycles. The summed E-state index contributed by atoms with van der Waals surface area (Å²) >= 11 is 5.36. The molecule has 0 amide bonds. The second kappa shape index (κ2) is 3.49. The molecule has 2 nitrogen and oxygen atoms in total. The van der Waals surface area contributed by atoms with Crippen LogP contribution in [0.3, 0.4) is 0 Å². The van der Waals surface area contributed by atoms with Crippen molar-refractivity contribution >= 4 is 17.9 Å². The monoisotopic (exact) mass is 155 g/mol. The highest BCUT2D eigenvalue weighted by molar-refractivity contribution is 7.87. The maximum atomic E-state index is 10.6. The van der Waals surface area contributed by atoms with E-state index in [1.807, 2.05) is 6.92 Å². The van der Waals surface area contributed by atoms with Gasteiger partial charge in [-0.2, -0.15) is 0 Å².